The van der Waals surface area contributed by atoms with Gasteiger partial charge in [0.25, 0.3) is 0 Å². The number of ether oxygens (including phenoxy) is 1. The minimum Gasteiger partial charge on any atom is -0.497 e. The lowest BCUT2D eigenvalue weighted by molar-refractivity contribution is -0.126. The lowest BCUT2D eigenvalue weighted by Gasteiger charge is -2.24. The number of rotatable bonds is 4. The van der Waals surface area contributed by atoms with Gasteiger partial charge in [-0.2, -0.15) is 0 Å². The zero-order valence-electron chi connectivity index (χ0n) is 11.6. The van der Waals surface area contributed by atoms with Crippen molar-refractivity contribution >= 4 is 5.91 Å². The molecule has 1 aromatic rings. The van der Waals surface area contributed by atoms with Gasteiger partial charge in [0.1, 0.15) is 5.75 Å². The molecule has 0 aliphatic carbocycles. The Morgan fingerprint density at radius 3 is 2.74 bits per heavy atom. The number of nitrogens with one attached hydrogen (secondary N) is 2. The summed E-state index contributed by atoms with van der Waals surface area (Å²) in [7, 11) is 1.65. The van der Waals surface area contributed by atoms with Crippen molar-refractivity contribution in [3.05, 3.63) is 29.8 Å². The van der Waals surface area contributed by atoms with Gasteiger partial charge in [0.2, 0.25) is 5.91 Å². The van der Waals surface area contributed by atoms with Crippen LogP contribution in [0.2, 0.25) is 0 Å². The average Bonchev–Trinajstić information content (AvgIpc) is 2.48. The highest BCUT2D eigenvalue weighted by atomic mass is 16.5. The van der Waals surface area contributed by atoms with E-state index in [0.717, 1.165) is 37.2 Å². The predicted molar refractivity (Wildman–Crippen MR) is 75.1 cm³/mol. The molecule has 0 aromatic heterocycles. The standard InChI is InChI=1S/C15H22N2O2/c1-11(12-5-7-14(19-2)8-6-12)17-15(18)13-4-3-9-16-10-13/h5-8,11,13,16H,3-4,9-10H2,1-2H3,(H,17,18)/t11-,13?/m1/s1. The SMILES string of the molecule is COc1ccc([C@@H](C)NC(=O)C2CCCNC2)cc1. The maximum atomic E-state index is 12.1. The summed E-state index contributed by atoms with van der Waals surface area (Å²) in [5.74, 6) is 1.09. The molecule has 1 aliphatic heterocycles. The van der Waals surface area contributed by atoms with Crippen LogP contribution in [0, 0.1) is 5.92 Å². The first kappa shape index (κ1) is 13.9. The molecule has 104 valence electrons. The first-order valence-corrected chi connectivity index (χ1v) is 6.85. The van der Waals surface area contributed by atoms with Gasteiger partial charge in [-0.1, -0.05) is 12.1 Å². The summed E-state index contributed by atoms with van der Waals surface area (Å²) in [6.45, 7) is 3.83. The van der Waals surface area contributed by atoms with Gasteiger partial charge in [-0.05, 0) is 44.0 Å². The van der Waals surface area contributed by atoms with E-state index in [0.29, 0.717) is 0 Å². The van der Waals surface area contributed by atoms with Crippen molar-refractivity contribution in [1.82, 2.24) is 10.6 Å². The van der Waals surface area contributed by atoms with E-state index in [4.69, 9.17) is 4.74 Å². The number of piperidine rings is 1. The second-order valence-corrected chi connectivity index (χ2v) is 5.05. The Labute approximate surface area is 114 Å². The fourth-order valence-corrected chi connectivity index (χ4v) is 2.38. The number of carbonyl (C=O) groups excluding carboxylic acids is 1. The molecule has 1 heterocycles. The fraction of sp³-hybridized carbons (Fsp3) is 0.533. The summed E-state index contributed by atoms with van der Waals surface area (Å²) in [6, 6.07) is 7.84. The van der Waals surface area contributed by atoms with E-state index in [1.165, 1.54) is 0 Å². The molecule has 4 nitrogen and oxygen atoms in total. The van der Waals surface area contributed by atoms with Crippen molar-refractivity contribution in [2.24, 2.45) is 5.92 Å². The summed E-state index contributed by atoms with van der Waals surface area (Å²) >= 11 is 0. The Morgan fingerprint density at radius 1 is 1.42 bits per heavy atom. The summed E-state index contributed by atoms with van der Waals surface area (Å²) in [5.41, 5.74) is 1.10. The molecule has 0 bridgehead atoms. The fourth-order valence-electron chi connectivity index (χ4n) is 2.38. The van der Waals surface area contributed by atoms with E-state index in [-0.39, 0.29) is 17.9 Å². The minimum absolute atomic E-state index is 0.0281. The molecule has 2 N–H and O–H groups in total. The van der Waals surface area contributed by atoms with E-state index >= 15 is 0 Å². The average molecular weight is 262 g/mol. The molecular formula is C15H22N2O2. The van der Waals surface area contributed by atoms with Gasteiger partial charge in [0.05, 0.1) is 19.1 Å². The molecule has 1 saturated heterocycles. The molecule has 1 aromatic carbocycles. The molecule has 4 heteroatoms. The first-order valence-electron chi connectivity index (χ1n) is 6.85. The Morgan fingerprint density at radius 2 is 2.16 bits per heavy atom. The van der Waals surface area contributed by atoms with Crippen LogP contribution >= 0.6 is 0 Å². The highest BCUT2D eigenvalue weighted by Gasteiger charge is 2.22. The van der Waals surface area contributed by atoms with E-state index in [9.17, 15) is 4.79 Å². The van der Waals surface area contributed by atoms with Crippen LogP contribution in [0.3, 0.4) is 0 Å². The largest absolute Gasteiger partial charge is 0.497 e. The maximum Gasteiger partial charge on any atom is 0.224 e. The quantitative estimate of drug-likeness (QED) is 0.871. The molecular weight excluding hydrogens is 240 g/mol. The van der Waals surface area contributed by atoms with Gasteiger partial charge in [-0.3, -0.25) is 4.79 Å². The monoisotopic (exact) mass is 262 g/mol. The van der Waals surface area contributed by atoms with Gasteiger partial charge in [0.15, 0.2) is 0 Å². The van der Waals surface area contributed by atoms with Crippen molar-refractivity contribution in [2.75, 3.05) is 20.2 Å². The number of hydrogen-bond donors (Lipinski definition) is 2. The van der Waals surface area contributed by atoms with Crippen LogP contribution in [0.5, 0.6) is 5.75 Å². The van der Waals surface area contributed by atoms with Crippen LogP contribution in [0.1, 0.15) is 31.4 Å². The van der Waals surface area contributed by atoms with E-state index in [1.807, 2.05) is 31.2 Å². The van der Waals surface area contributed by atoms with Crippen LogP contribution in [0.15, 0.2) is 24.3 Å². The summed E-state index contributed by atoms with van der Waals surface area (Å²) < 4.78 is 5.13. The van der Waals surface area contributed by atoms with Crippen molar-refractivity contribution in [1.29, 1.82) is 0 Å². The molecule has 0 saturated carbocycles. The number of carbonyl (C=O) groups is 1. The number of methoxy groups -OCH3 is 1. The van der Waals surface area contributed by atoms with Gasteiger partial charge in [-0.25, -0.2) is 0 Å². The Hall–Kier alpha value is -1.55. The van der Waals surface area contributed by atoms with E-state index in [2.05, 4.69) is 10.6 Å². The highest BCUT2D eigenvalue weighted by Crippen LogP contribution is 2.18. The van der Waals surface area contributed by atoms with E-state index in [1.54, 1.807) is 7.11 Å². The van der Waals surface area contributed by atoms with Crippen molar-refractivity contribution in [3.63, 3.8) is 0 Å². The van der Waals surface area contributed by atoms with Gasteiger partial charge in [0, 0.05) is 6.54 Å². The molecule has 1 aliphatic rings. The molecule has 0 radical (unpaired) electrons. The first-order chi connectivity index (χ1) is 9.20. The van der Waals surface area contributed by atoms with Crippen LogP contribution < -0.4 is 15.4 Å². The van der Waals surface area contributed by atoms with Gasteiger partial charge < -0.3 is 15.4 Å². The van der Waals surface area contributed by atoms with Crippen molar-refractivity contribution < 1.29 is 9.53 Å². The van der Waals surface area contributed by atoms with Crippen LogP contribution in [-0.2, 0) is 4.79 Å². The summed E-state index contributed by atoms with van der Waals surface area (Å²) in [4.78, 5) is 12.1. The van der Waals surface area contributed by atoms with Crippen molar-refractivity contribution in [3.8, 4) is 5.75 Å². The summed E-state index contributed by atoms with van der Waals surface area (Å²) in [5, 5.41) is 6.35. The zero-order valence-corrected chi connectivity index (χ0v) is 11.6. The van der Waals surface area contributed by atoms with Gasteiger partial charge in [-0.15, -0.1) is 0 Å². The lowest BCUT2D eigenvalue weighted by atomic mass is 9.98. The molecule has 1 amide bonds. The topological polar surface area (TPSA) is 50.4 Å². The smallest absolute Gasteiger partial charge is 0.224 e. The minimum atomic E-state index is 0.0281. The second-order valence-electron chi connectivity index (χ2n) is 5.05. The molecule has 1 fully saturated rings. The van der Waals surface area contributed by atoms with Crippen LogP contribution in [0.25, 0.3) is 0 Å². The third-order valence-corrected chi connectivity index (χ3v) is 3.64. The normalized spacial score (nSPS) is 20.6. The molecule has 19 heavy (non-hydrogen) atoms. The lowest BCUT2D eigenvalue weighted by Crippen LogP contribution is -2.41. The number of amides is 1. The molecule has 0 spiro atoms. The zero-order chi connectivity index (χ0) is 13.7. The molecule has 2 rings (SSSR count). The molecule has 1 unspecified atom stereocenters. The number of benzene rings is 1. The van der Waals surface area contributed by atoms with Crippen LogP contribution in [0.4, 0.5) is 0 Å². The third-order valence-electron chi connectivity index (χ3n) is 3.64. The number of hydrogen-bond acceptors (Lipinski definition) is 3. The van der Waals surface area contributed by atoms with Crippen molar-refractivity contribution in [2.45, 2.75) is 25.8 Å². The third kappa shape index (κ3) is 3.70. The van der Waals surface area contributed by atoms with E-state index < -0.39 is 0 Å². The maximum absolute atomic E-state index is 12.1. The summed E-state index contributed by atoms with van der Waals surface area (Å²) in [6.07, 6.45) is 2.06. The second kappa shape index (κ2) is 6.57. The Balaban J connectivity index is 1.91. The Kier molecular flexibility index (Phi) is 4.80. The Bertz CT molecular complexity index is 411. The highest BCUT2D eigenvalue weighted by molar-refractivity contribution is 5.79. The van der Waals surface area contributed by atoms with Crippen LogP contribution in [-0.4, -0.2) is 26.1 Å². The van der Waals surface area contributed by atoms with Gasteiger partial charge >= 0.3 is 0 Å². The predicted octanol–water partition coefficient (Wildman–Crippen LogP) is 1.87. The molecule has 2 atom stereocenters.